The number of sulfonamides is 1. The molecule has 3 N–H and O–H groups in total. The van der Waals surface area contributed by atoms with Gasteiger partial charge in [-0.05, 0) is 53.9 Å². The van der Waals surface area contributed by atoms with Gasteiger partial charge in [-0.1, -0.05) is 26.8 Å². The summed E-state index contributed by atoms with van der Waals surface area (Å²) >= 11 is 0. The fourth-order valence-electron chi connectivity index (χ4n) is 4.75. The van der Waals surface area contributed by atoms with Crippen molar-refractivity contribution in [2.75, 3.05) is 10.0 Å². The predicted octanol–water partition coefficient (Wildman–Crippen LogP) is 5.29. The van der Waals surface area contributed by atoms with E-state index in [1.165, 1.54) is 17.2 Å². The molecule has 0 spiro atoms. The third kappa shape index (κ3) is 4.34. The van der Waals surface area contributed by atoms with Crippen molar-refractivity contribution >= 4 is 27.2 Å². The second-order valence-electron chi connectivity index (χ2n) is 10.1. The number of pyridine rings is 1. The average Bonchev–Trinajstić information content (AvgIpc) is 3.47. The van der Waals surface area contributed by atoms with E-state index >= 15 is 0 Å². The molecule has 1 saturated carbocycles. The Morgan fingerprint density at radius 1 is 1.12 bits per heavy atom. The van der Waals surface area contributed by atoms with E-state index < -0.39 is 15.8 Å². The van der Waals surface area contributed by atoms with Gasteiger partial charge >= 0.3 is 0 Å². The van der Waals surface area contributed by atoms with E-state index in [-0.39, 0.29) is 22.4 Å². The van der Waals surface area contributed by atoms with E-state index in [1.54, 1.807) is 6.07 Å². The Morgan fingerprint density at radius 2 is 1.91 bits per heavy atom. The maximum absolute atomic E-state index is 14.9. The lowest BCUT2D eigenvalue weighted by atomic mass is 9.85. The zero-order valence-corrected chi connectivity index (χ0v) is 19.8. The van der Waals surface area contributed by atoms with Gasteiger partial charge in [0.1, 0.15) is 0 Å². The third-order valence-corrected chi connectivity index (χ3v) is 7.87. The number of H-pyrrole nitrogens is 1. The van der Waals surface area contributed by atoms with Crippen LogP contribution in [0.5, 0.6) is 0 Å². The molecule has 2 aromatic heterocycles. The third-order valence-electron chi connectivity index (χ3n) is 6.67. The van der Waals surface area contributed by atoms with Crippen molar-refractivity contribution in [2.45, 2.75) is 63.0 Å². The Bertz CT molecular complexity index is 1310. The van der Waals surface area contributed by atoms with Crippen molar-refractivity contribution in [3.8, 4) is 0 Å². The van der Waals surface area contributed by atoms with E-state index in [1.807, 2.05) is 18.5 Å². The summed E-state index contributed by atoms with van der Waals surface area (Å²) in [6.07, 6.45) is 7.07. The number of aromatic amines is 1. The standard InChI is InChI=1S/C24H28FN5O2S/c1-24(2,3)17-9-16(11-26-12-17)14-4-5-15(8-14)21-10-22(29-28-21)27-20-7-6-19-18(23(20)25)13-33(31,32)30-19/h6-7,9-12,14-15,30H,4-5,8,13H2,1-3H3,(H2,27,28,29). The van der Waals surface area contributed by atoms with Crippen LogP contribution in [0.2, 0.25) is 0 Å². The molecule has 3 aromatic rings. The molecule has 2 aliphatic rings. The molecular weight excluding hydrogens is 441 g/mol. The van der Waals surface area contributed by atoms with Gasteiger partial charge in [-0.2, -0.15) is 5.10 Å². The number of anilines is 3. The van der Waals surface area contributed by atoms with Crippen LogP contribution in [0.1, 0.15) is 74.3 Å². The second-order valence-corrected chi connectivity index (χ2v) is 11.8. The number of benzene rings is 1. The van der Waals surface area contributed by atoms with Crippen LogP contribution in [-0.4, -0.2) is 23.6 Å². The van der Waals surface area contributed by atoms with E-state index in [2.05, 4.69) is 52.1 Å². The van der Waals surface area contributed by atoms with Gasteiger partial charge in [0.15, 0.2) is 11.6 Å². The maximum atomic E-state index is 14.9. The van der Waals surface area contributed by atoms with Crippen LogP contribution in [0, 0.1) is 5.82 Å². The van der Waals surface area contributed by atoms with Crippen LogP contribution >= 0.6 is 0 Å². The van der Waals surface area contributed by atoms with Crippen molar-refractivity contribution in [3.63, 3.8) is 0 Å². The summed E-state index contributed by atoms with van der Waals surface area (Å²) in [5.41, 5.74) is 4.27. The highest BCUT2D eigenvalue weighted by molar-refractivity contribution is 7.92. The lowest BCUT2D eigenvalue weighted by Crippen LogP contribution is -2.12. The lowest BCUT2D eigenvalue weighted by molar-refractivity contribution is 0.583. The van der Waals surface area contributed by atoms with Crippen LogP contribution in [-0.2, 0) is 21.2 Å². The number of fused-ring (bicyclic) bond motifs is 1. The van der Waals surface area contributed by atoms with Gasteiger partial charge in [0.05, 0.1) is 17.1 Å². The molecule has 2 atom stereocenters. The molecule has 5 rings (SSSR count). The number of nitrogens with one attached hydrogen (secondary N) is 3. The fourth-order valence-corrected chi connectivity index (χ4v) is 6.01. The highest BCUT2D eigenvalue weighted by Crippen LogP contribution is 2.44. The molecule has 1 aliphatic heterocycles. The van der Waals surface area contributed by atoms with Gasteiger partial charge in [-0.25, -0.2) is 12.8 Å². The van der Waals surface area contributed by atoms with Crippen LogP contribution < -0.4 is 10.0 Å². The van der Waals surface area contributed by atoms with Crippen molar-refractivity contribution in [1.82, 2.24) is 15.2 Å². The topological polar surface area (TPSA) is 99.8 Å². The quantitative estimate of drug-likeness (QED) is 0.482. The molecule has 1 aromatic carbocycles. The van der Waals surface area contributed by atoms with Crippen LogP contribution in [0.25, 0.3) is 0 Å². The van der Waals surface area contributed by atoms with E-state index in [9.17, 15) is 12.8 Å². The molecule has 0 radical (unpaired) electrons. The molecular formula is C24H28FN5O2S. The minimum absolute atomic E-state index is 0.0675. The molecule has 1 fully saturated rings. The van der Waals surface area contributed by atoms with Gasteiger partial charge < -0.3 is 5.32 Å². The Balaban J connectivity index is 1.29. The van der Waals surface area contributed by atoms with Gasteiger partial charge in [-0.15, -0.1) is 0 Å². The summed E-state index contributed by atoms with van der Waals surface area (Å²) in [5, 5.41) is 10.4. The number of hydrogen-bond acceptors (Lipinski definition) is 5. The first-order valence-electron chi connectivity index (χ1n) is 11.2. The predicted molar refractivity (Wildman–Crippen MR) is 127 cm³/mol. The molecule has 7 nitrogen and oxygen atoms in total. The normalized spacial score (nSPS) is 21.6. The molecule has 1 aliphatic carbocycles. The van der Waals surface area contributed by atoms with Crippen LogP contribution in [0.15, 0.2) is 36.7 Å². The number of aromatic nitrogens is 3. The highest BCUT2D eigenvalue weighted by Gasteiger charge is 2.30. The Labute approximate surface area is 193 Å². The van der Waals surface area contributed by atoms with E-state index in [4.69, 9.17) is 0 Å². The Hall–Kier alpha value is -2.94. The molecule has 0 bridgehead atoms. The summed E-state index contributed by atoms with van der Waals surface area (Å²) in [7, 11) is -3.51. The molecule has 9 heteroatoms. The summed E-state index contributed by atoms with van der Waals surface area (Å²) in [6.45, 7) is 6.59. The molecule has 33 heavy (non-hydrogen) atoms. The zero-order valence-electron chi connectivity index (χ0n) is 18.9. The fraction of sp³-hybridized carbons (Fsp3) is 0.417. The first kappa shape index (κ1) is 21.9. The zero-order chi connectivity index (χ0) is 23.4. The first-order chi connectivity index (χ1) is 15.6. The smallest absolute Gasteiger partial charge is 0.237 e. The Morgan fingerprint density at radius 3 is 2.70 bits per heavy atom. The summed E-state index contributed by atoms with van der Waals surface area (Å²) in [4.78, 5) is 4.48. The molecule has 174 valence electrons. The largest absolute Gasteiger partial charge is 0.336 e. The Kier molecular flexibility index (Phi) is 5.19. The van der Waals surface area contributed by atoms with Crippen molar-refractivity contribution in [2.24, 2.45) is 0 Å². The summed E-state index contributed by atoms with van der Waals surface area (Å²) in [5.74, 6) is 0.378. The number of halogens is 1. The number of hydrogen-bond donors (Lipinski definition) is 3. The highest BCUT2D eigenvalue weighted by atomic mass is 32.2. The SMILES string of the molecule is CC(C)(C)c1cncc(C2CCC(c3cc(Nc4ccc5c(c4F)CS(=O)(=O)N5)n[nH]3)C2)c1. The first-order valence-corrected chi connectivity index (χ1v) is 12.8. The van der Waals surface area contributed by atoms with Gasteiger partial charge in [0.2, 0.25) is 10.0 Å². The van der Waals surface area contributed by atoms with Crippen molar-refractivity contribution < 1.29 is 12.8 Å². The lowest BCUT2D eigenvalue weighted by Gasteiger charge is -2.20. The molecule has 0 amide bonds. The number of rotatable bonds is 4. The van der Waals surface area contributed by atoms with Gasteiger partial charge in [-0.3, -0.25) is 14.8 Å². The summed E-state index contributed by atoms with van der Waals surface area (Å²) < 4.78 is 40.7. The second kappa shape index (κ2) is 7.83. The van der Waals surface area contributed by atoms with Crippen LogP contribution in [0.3, 0.4) is 0 Å². The average molecular weight is 470 g/mol. The molecule has 3 heterocycles. The van der Waals surface area contributed by atoms with E-state index in [0.29, 0.717) is 23.3 Å². The van der Waals surface area contributed by atoms with Crippen molar-refractivity contribution in [3.05, 3.63) is 64.9 Å². The maximum Gasteiger partial charge on any atom is 0.237 e. The van der Waals surface area contributed by atoms with Gasteiger partial charge in [0, 0.05) is 35.6 Å². The number of nitrogens with zero attached hydrogens (tertiary/aromatic N) is 2. The monoisotopic (exact) mass is 469 g/mol. The summed E-state index contributed by atoms with van der Waals surface area (Å²) in [6, 6.07) is 7.29. The van der Waals surface area contributed by atoms with Crippen LogP contribution in [0.4, 0.5) is 21.6 Å². The minimum atomic E-state index is -3.51. The van der Waals surface area contributed by atoms with Gasteiger partial charge in [0.25, 0.3) is 0 Å². The van der Waals surface area contributed by atoms with Crippen molar-refractivity contribution in [1.29, 1.82) is 0 Å². The molecule has 0 saturated heterocycles. The van der Waals surface area contributed by atoms with E-state index in [0.717, 1.165) is 25.0 Å². The molecule has 2 unspecified atom stereocenters. The minimum Gasteiger partial charge on any atom is -0.336 e.